The molecular formula is C10H19NO2. The molecule has 1 unspecified atom stereocenters. The second-order valence-electron chi connectivity index (χ2n) is 4.01. The van der Waals surface area contributed by atoms with Gasteiger partial charge in [0.1, 0.15) is 6.23 Å². The van der Waals surface area contributed by atoms with Crippen LogP contribution < -0.4 is 0 Å². The highest BCUT2D eigenvalue weighted by Gasteiger charge is 2.23. The van der Waals surface area contributed by atoms with Gasteiger partial charge in [0.2, 0.25) is 5.91 Å². The Balaban J connectivity index is 2.44. The van der Waals surface area contributed by atoms with Crippen LogP contribution in [0.15, 0.2) is 0 Å². The van der Waals surface area contributed by atoms with Gasteiger partial charge in [0, 0.05) is 13.0 Å². The van der Waals surface area contributed by atoms with E-state index in [1.54, 1.807) is 0 Å². The zero-order chi connectivity index (χ0) is 9.84. The summed E-state index contributed by atoms with van der Waals surface area (Å²) in [5, 5.41) is 0. The highest BCUT2D eigenvalue weighted by Crippen LogP contribution is 2.13. The number of rotatable bonds is 2. The van der Waals surface area contributed by atoms with E-state index in [2.05, 4.69) is 13.8 Å². The zero-order valence-corrected chi connectivity index (χ0v) is 8.75. The van der Waals surface area contributed by atoms with Crippen LogP contribution in [0.25, 0.3) is 0 Å². The second kappa shape index (κ2) is 4.61. The van der Waals surface area contributed by atoms with Crippen molar-refractivity contribution in [3.63, 3.8) is 0 Å². The van der Waals surface area contributed by atoms with E-state index in [1.165, 1.54) is 0 Å². The molecule has 3 nitrogen and oxygen atoms in total. The van der Waals surface area contributed by atoms with E-state index in [-0.39, 0.29) is 12.1 Å². The van der Waals surface area contributed by atoms with E-state index < -0.39 is 0 Å². The van der Waals surface area contributed by atoms with Crippen molar-refractivity contribution in [1.29, 1.82) is 0 Å². The molecule has 3 heteroatoms. The van der Waals surface area contributed by atoms with Gasteiger partial charge in [-0.3, -0.25) is 4.79 Å². The van der Waals surface area contributed by atoms with Gasteiger partial charge >= 0.3 is 0 Å². The Morgan fingerprint density at radius 1 is 1.62 bits per heavy atom. The van der Waals surface area contributed by atoms with Crippen molar-refractivity contribution in [3.05, 3.63) is 0 Å². The number of hydrogen-bond donors (Lipinski definition) is 0. The maximum atomic E-state index is 11.7. The lowest BCUT2D eigenvalue weighted by molar-refractivity contribution is -0.152. The number of carbonyl (C=O) groups excluding carboxylic acids is 1. The topological polar surface area (TPSA) is 29.5 Å². The van der Waals surface area contributed by atoms with Gasteiger partial charge in [0.25, 0.3) is 0 Å². The van der Waals surface area contributed by atoms with E-state index in [0.29, 0.717) is 12.3 Å². The van der Waals surface area contributed by atoms with Gasteiger partial charge in [-0.1, -0.05) is 13.8 Å². The minimum Gasteiger partial charge on any atom is -0.359 e. The van der Waals surface area contributed by atoms with Crippen molar-refractivity contribution in [1.82, 2.24) is 4.90 Å². The van der Waals surface area contributed by atoms with Crippen molar-refractivity contribution < 1.29 is 9.53 Å². The predicted octanol–water partition coefficient (Wildman–Crippen LogP) is 1.63. The molecule has 76 valence electrons. The summed E-state index contributed by atoms with van der Waals surface area (Å²) in [6.07, 6.45) is 1.57. The van der Waals surface area contributed by atoms with Gasteiger partial charge in [0.15, 0.2) is 0 Å². The summed E-state index contributed by atoms with van der Waals surface area (Å²) in [6.45, 7) is 7.71. The molecule has 1 fully saturated rings. The third-order valence-electron chi connectivity index (χ3n) is 2.24. The molecule has 1 rings (SSSR count). The summed E-state index contributed by atoms with van der Waals surface area (Å²) >= 11 is 0. The van der Waals surface area contributed by atoms with Crippen LogP contribution in [0.1, 0.15) is 33.6 Å². The van der Waals surface area contributed by atoms with Crippen LogP contribution in [-0.4, -0.2) is 30.2 Å². The maximum Gasteiger partial charge on any atom is 0.224 e. The first-order valence-corrected chi connectivity index (χ1v) is 5.02. The van der Waals surface area contributed by atoms with E-state index >= 15 is 0 Å². The molecule has 0 radical (unpaired) electrons. The van der Waals surface area contributed by atoms with Crippen molar-refractivity contribution in [2.24, 2.45) is 5.92 Å². The first-order chi connectivity index (χ1) is 6.11. The van der Waals surface area contributed by atoms with Gasteiger partial charge in [-0.2, -0.15) is 0 Å². The third-order valence-corrected chi connectivity index (χ3v) is 2.24. The summed E-state index contributed by atoms with van der Waals surface area (Å²) in [6, 6.07) is 0. The Hall–Kier alpha value is -0.570. The summed E-state index contributed by atoms with van der Waals surface area (Å²) in [7, 11) is 0. The van der Waals surface area contributed by atoms with Crippen LogP contribution >= 0.6 is 0 Å². The van der Waals surface area contributed by atoms with Crippen LogP contribution in [-0.2, 0) is 9.53 Å². The Bertz CT molecular complexity index is 180. The minimum absolute atomic E-state index is 0.0278. The Morgan fingerprint density at radius 2 is 2.31 bits per heavy atom. The molecule has 1 aliphatic rings. The van der Waals surface area contributed by atoms with Crippen LogP contribution in [0.4, 0.5) is 0 Å². The Morgan fingerprint density at radius 3 is 2.85 bits per heavy atom. The van der Waals surface area contributed by atoms with Crippen LogP contribution in [0.5, 0.6) is 0 Å². The standard InChI is InChI=1S/C10H19NO2/c1-8(2)7-10(12)11-5-4-6-13-9(11)3/h8-9H,4-7H2,1-3H3. The van der Waals surface area contributed by atoms with Crippen molar-refractivity contribution in [3.8, 4) is 0 Å². The van der Waals surface area contributed by atoms with E-state index in [9.17, 15) is 4.79 Å². The smallest absolute Gasteiger partial charge is 0.224 e. The van der Waals surface area contributed by atoms with Crippen LogP contribution in [0, 0.1) is 5.92 Å². The van der Waals surface area contributed by atoms with Gasteiger partial charge in [-0.25, -0.2) is 0 Å². The number of ether oxygens (including phenoxy) is 1. The molecule has 0 bridgehead atoms. The monoisotopic (exact) mass is 185 g/mol. The molecule has 0 aromatic carbocycles. The summed E-state index contributed by atoms with van der Waals surface area (Å²) in [4.78, 5) is 13.5. The van der Waals surface area contributed by atoms with Crippen molar-refractivity contribution >= 4 is 5.91 Å². The predicted molar refractivity (Wildman–Crippen MR) is 51.2 cm³/mol. The average Bonchev–Trinajstić information content (AvgIpc) is 2.03. The first-order valence-electron chi connectivity index (χ1n) is 5.02. The fraction of sp³-hybridized carbons (Fsp3) is 0.900. The number of hydrogen-bond acceptors (Lipinski definition) is 2. The van der Waals surface area contributed by atoms with Crippen molar-refractivity contribution in [2.45, 2.75) is 39.8 Å². The minimum atomic E-state index is -0.0278. The average molecular weight is 185 g/mol. The molecule has 0 aromatic heterocycles. The normalized spacial score (nSPS) is 23.7. The lowest BCUT2D eigenvalue weighted by Gasteiger charge is -2.33. The van der Waals surface area contributed by atoms with Gasteiger partial charge in [-0.05, 0) is 19.3 Å². The largest absolute Gasteiger partial charge is 0.359 e. The molecule has 1 saturated heterocycles. The number of carbonyl (C=O) groups is 1. The molecule has 1 heterocycles. The van der Waals surface area contributed by atoms with E-state index in [1.807, 2.05) is 11.8 Å². The lowest BCUT2D eigenvalue weighted by Crippen LogP contribution is -2.45. The molecule has 0 N–H and O–H groups in total. The van der Waals surface area contributed by atoms with E-state index in [4.69, 9.17) is 4.74 Å². The van der Waals surface area contributed by atoms with Gasteiger partial charge in [0.05, 0.1) is 6.61 Å². The Labute approximate surface area is 80.1 Å². The van der Waals surface area contributed by atoms with Crippen LogP contribution in [0.2, 0.25) is 0 Å². The third kappa shape index (κ3) is 2.99. The second-order valence-corrected chi connectivity index (χ2v) is 4.01. The number of amides is 1. The fourth-order valence-electron chi connectivity index (χ4n) is 1.55. The van der Waals surface area contributed by atoms with Crippen molar-refractivity contribution in [2.75, 3.05) is 13.2 Å². The van der Waals surface area contributed by atoms with E-state index in [0.717, 1.165) is 19.6 Å². The SMILES string of the molecule is CC(C)CC(=O)N1CCCOC1C. The zero-order valence-electron chi connectivity index (χ0n) is 8.75. The molecule has 13 heavy (non-hydrogen) atoms. The molecule has 0 spiro atoms. The molecule has 1 aliphatic heterocycles. The first kappa shape index (κ1) is 10.5. The van der Waals surface area contributed by atoms with Crippen LogP contribution in [0.3, 0.4) is 0 Å². The summed E-state index contributed by atoms with van der Waals surface area (Å²) in [5.41, 5.74) is 0. The molecule has 0 aromatic rings. The highest BCUT2D eigenvalue weighted by atomic mass is 16.5. The number of nitrogens with zero attached hydrogens (tertiary/aromatic N) is 1. The molecular weight excluding hydrogens is 166 g/mol. The maximum absolute atomic E-state index is 11.7. The molecule has 1 amide bonds. The molecule has 0 saturated carbocycles. The summed E-state index contributed by atoms with van der Waals surface area (Å²) in [5.74, 6) is 0.656. The van der Waals surface area contributed by atoms with Gasteiger partial charge < -0.3 is 9.64 Å². The molecule has 0 aliphatic carbocycles. The quantitative estimate of drug-likeness (QED) is 0.654. The highest BCUT2D eigenvalue weighted by molar-refractivity contribution is 5.76. The Kier molecular flexibility index (Phi) is 3.72. The molecule has 1 atom stereocenters. The summed E-state index contributed by atoms with van der Waals surface area (Å²) < 4.78 is 5.40. The van der Waals surface area contributed by atoms with Gasteiger partial charge in [-0.15, -0.1) is 0 Å². The lowest BCUT2D eigenvalue weighted by atomic mass is 10.1. The fourth-order valence-corrected chi connectivity index (χ4v) is 1.55.